The van der Waals surface area contributed by atoms with E-state index in [2.05, 4.69) is 50.9 Å². The lowest BCUT2D eigenvalue weighted by atomic mass is 10.0. The molecule has 1 aliphatic heterocycles. The molecule has 0 spiro atoms. The molecule has 0 bridgehead atoms. The summed E-state index contributed by atoms with van der Waals surface area (Å²) in [5, 5.41) is 6.99. The van der Waals surface area contributed by atoms with Crippen LogP contribution in [0, 0.1) is 0 Å². The summed E-state index contributed by atoms with van der Waals surface area (Å²) in [5.41, 5.74) is 1.40. The lowest BCUT2D eigenvalue weighted by Crippen LogP contribution is -2.48. The maximum atomic E-state index is 5.48. The highest BCUT2D eigenvalue weighted by Gasteiger charge is 2.19. The lowest BCUT2D eigenvalue weighted by molar-refractivity contribution is 0.0689. The molecule has 152 valence electrons. The summed E-state index contributed by atoms with van der Waals surface area (Å²) in [6.45, 7) is 6.35. The minimum Gasteiger partial charge on any atom is -0.382 e. The molecule has 1 heterocycles. The SMILES string of the molecule is CN=C(NCCCCOCCOC)NC1CCN(Cc2ccccc2)CC1. The van der Waals surface area contributed by atoms with Crippen LogP contribution in [0.25, 0.3) is 0 Å². The fourth-order valence-electron chi connectivity index (χ4n) is 3.25. The molecule has 0 atom stereocenters. The first kappa shape index (κ1) is 21.7. The third-order valence-corrected chi connectivity index (χ3v) is 4.84. The summed E-state index contributed by atoms with van der Waals surface area (Å²) >= 11 is 0. The summed E-state index contributed by atoms with van der Waals surface area (Å²) in [5.74, 6) is 0.914. The van der Waals surface area contributed by atoms with Crippen LogP contribution in [0.5, 0.6) is 0 Å². The van der Waals surface area contributed by atoms with Crippen molar-refractivity contribution in [2.24, 2.45) is 4.99 Å². The van der Waals surface area contributed by atoms with Crippen molar-refractivity contribution in [3.8, 4) is 0 Å². The van der Waals surface area contributed by atoms with Crippen molar-refractivity contribution in [2.75, 3.05) is 53.6 Å². The van der Waals surface area contributed by atoms with Gasteiger partial charge in [0.1, 0.15) is 0 Å². The van der Waals surface area contributed by atoms with Crippen LogP contribution in [0.3, 0.4) is 0 Å². The number of ether oxygens (including phenoxy) is 2. The Bertz CT molecular complexity index is 516. The van der Waals surface area contributed by atoms with Crippen molar-refractivity contribution in [3.05, 3.63) is 35.9 Å². The van der Waals surface area contributed by atoms with Crippen LogP contribution in [0.2, 0.25) is 0 Å². The maximum absolute atomic E-state index is 5.48. The molecule has 0 unspecified atom stereocenters. The van der Waals surface area contributed by atoms with Crippen molar-refractivity contribution < 1.29 is 9.47 Å². The standard InChI is InChI=1S/C21H36N4O2/c1-22-21(23-12-6-7-15-27-17-16-26-2)24-20-10-13-25(14-11-20)18-19-8-4-3-5-9-19/h3-5,8-9,20H,6-7,10-18H2,1-2H3,(H2,22,23,24). The third kappa shape index (κ3) is 9.22. The van der Waals surface area contributed by atoms with E-state index >= 15 is 0 Å². The van der Waals surface area contributed by atoms with Crippen LogP contribution in [0.1, 0.15) is 31.2 Å². The lowest BCUT2D eigenvalue weighted by Gasteiger charge is -2.33. The van der Waals surface area contributed by atoms with Crippen molar-refractivity contribution in [3.63, 3.8) is 0 Å². The van der Waals surface area contributed by atoms with E-state index in [0.29, 0.717) is 19.3 Å². The smallest absolute Gasteiger partial charge is 0.191 e. The van der Waals surface area contributed by atoms with E-state index in [-0.39, 0.29) is 0 Å². The van der Waals surface area contributed by atoms with Crippen LogP contribution >= 0.6 is 0 Å². The average Bonchev–Trinajstić information content (AvgIpc) is 2.71. The molecule has 0 aromatic heterocycles. The number of likely N-dealkylation sites (tertiary alicyclic amines) is 1. The number of hydrogen-bond acceptors (Lipinski definition) is 4. The number of unbranched alkanes of at least 4 members (excludes halogenated alkanes) is 1. The summed E-state index contributed by atoms with van der Waals surface area (Å²) < 4.78 is 10.4. The van der Waals surface area contributed by atoms with E-state index in [0.717, 1.165) is 64.4 Å². The van der Waals surface area contributed by atoms with E-state index in [1.807, 2.05) is 7.05 Å². The number of nitrogens with one attached hydrogen (secondary N) is 2. The Morgan fingerprint density at radius 3 is 2.59 bits per heavy atom. The van der Waals surface area contributed by atoms with Gasteiger partial charge in [0.25, 0.3) is 0 Å². The monoisotopic (exact) mass is 376 g/mol. The van der Waals surface area contributed by atoms with Crippen molar-refractivity contribution >= 4 is 5.96 Å². The first-order chi connectivity index (χ1) is 13.3. The number of nitrogens with zero attached hydrogens (tertiary/aromatic N) is 2. The van der Waals surface area contributed by atoms with Gasteiger partial charge in [0.2, 0.25) is 0 Å². The van der Waals surface area contributed by atoms with Crippen LogP contribution in [0.4, 0.5) is 0 Å². The van der Waals surface area contributed by atoms with E-state index in [4.69, 9.17) is 9.47 Å². The average molecular weight is 377 g/mol. The van der Waals surface area contributed by atoms with Gasteiger partial charge >= 0.3 is 0 Å². The largest absolute Gasteiger partial charge is 0.382 e. The molecule has 0 saturated carbocycles. The van der Waals surface area contributed by atoms with Gasteiger partial charge in [-0.15, -0.1) is 0 Å². The van der Waals surface area contributed by atoms with E-state index in [1.54, 1.807) is 7.11 Å². The molecule has 6 heteroatoms. The summed E-state index contributed by atoms with van der Waals surface area (Å²) in [4.78, 5) is 6.90. The predicted molar refractivity (Wildman–Crippen MR) is 111 cm³/mol. The van der Waals surface area contributed by atoms with E-state index in [9.17, 15) is 0 Å². The molecule has 1 fully saturated rings. The Labute approximate surface area is 164 Å². The van der Waals surface area contributed by atoms with Crippen LogP contribution < -0.4 is 10.6 Å². The number of aliphatic imine (C=N–C) groups is 1. The highest BCUT2D eigenvalue weighted by molar-refractivity contribution is 5.79. The van der Waals surface area contributed by atoms with Crippen LogP contribution in [0.15, 0.2) is 35.3 Å². The van der Waals surface area contributed by atoms with Gasteiger partial charge in [-0.2, -0.15) is 0 Å². The number of rotatable bonds is 11. The van der Waals surface area contributed by atoms with Gasteiger partial charge in [0, 0.05) is 53.0 Å². The zero-order valence-corrected chi connectivity index (χ0v) is 17.0. The fourth-order valence-corrected chi connectivity index (χ4v) is 3.25. The molecule has 1 aromatic carbocycles. The molecule has 1 aromatic rings. The first-order valence-corrected chi connectivity index (χ1v) is 10.1. The van der Waals surface area contributed by atoms with Crippen molar-refractivity contribution in [1.82, 2.24) is 15.5 Å². The number of benzene rings is 1. The molecular weight excluding hydrogens is 340 g/mol. The Balaban J connectivity index is 1.55. The molecule has 0 amide bonds. The molecule has 0 radical (unpaired) electrons. The molecule has 2 N–H and O–H groups in total. The minimum absolute atomic E-state index is 0.501. The Morgan fingerprint density at radius 2 is 1.89 bits per heavy atom. The second kappa shape index (κ2) is 13.5. The zero-order valence-electron chi connectivity index (χ0n) is 17.0. The Hall–Kier alpha value is -1.63. The summed E-state index contributed by atoms with van der Waals surface area (Å²) in [6.07, 6.45) is 4.43. The Kier molecular flexibility index (Phi) is 10.9. The second-order valence-electron chi connectivity index (χ2n) is 6.99. The van der Waals surface area contributed by atoms with Gasteiger partial charge in [-0.3, -0.25) is 9.89 Å². The van der Waals surface area contributed by atoms with Gasteiger partial charge in [-0.05, 0) is 31.2 Å². The van der Waals surface area contributed by atoms with Gasteiger partial charge < -0.3 is 20.1 Å². The topological polar surface area (TPSA) is 58.1 Å². The molecular formula is C21H36N4O2. The number of hydrogen-bond donors (Lipinski definition) is 2. The van der Waals surface area contributed by atoms with Gasteiger partial charge in [0.05, 0.1) is 13.2 Å². The molecule has 6 nitrogen and oxygen atoms in total. The number of methoxy groups -OCH3 is 1. The van der Waals surface area contributed by atoms with Crippen molar-refractivity contribution in [1.29, 1.82) is 0 Å². The fraction of sp³-hybridized carbons (Fsp3) is 0.667. The molecule has 1 aliphatic rings. The normalized spacial score (nSPS) is 16.4. The molecule has 1 saturated heterocycles. The summed E-state index contributed by atoms with van der Waals surface area (Å²) in [7, 11) is 3.53. The zero-order chi connectivity index (χ0) is 19.2. The minimum atomic E-state index is 0.501. The van der Waals surface area contributed by atoms with Crippen molar-refractivity contribution in [2.45, 2.75) is 38.3 Å². The predicted octanol–water partition coefficient (Wildman–Crippen LogP) is 2.26. The Morgan fingerprint density at radius 1 is 1.11 bits per heavy atom. The van der Waals surface area contributed by atoms with Gasteiger partial charge in [-0.1, -0.05) is 30.3 Å². The maximum Gasteiger partial charge on any atom is 0.191 e. The van der Waals surface area contributed by atoms with E-state index in [1.165, 1.54) is 5.56 Å². The van der Waals surface area contributed by atoms with Gasteiger partial charge in [-0.25, -0.2) is 0 Å². The second-order valence-corrected chi connectivity index (χ2v) is 6.99. The van der Waals surface area contributed by atoms with Crippen LogP contribution in [-0.4, -0.2) is 70.5 Å². The number of piperidine rings is 1. The first-order valence-electron chi connectivity index (χ1n) is 10.1. The number of guanidine groups is 1. The van der Waals surface area contributed by atoms with E-state index < -0.39 is 0 Å². The highest BCUT2D eigenvalue weighted by Crippen LogP contribution is 2.13. The quantitative estimate of drug-likeness (QED) is 0.352. The molecule has 27 heavy (non-hydrogen) atoms. The third-order valence-electron chi connectivity index (χ3n) is 4.84. The highest BCUT2D eigenvalue weighted by atomic mass is 16.5. The van der Waals surface area contributed by atoms with Gasteiger partial charge in [0.15, 0.2) is 5.96 Å². The van der Waals surface area contributed by atoms with Crippen LogP contribution in [-0.2, 0) is 16.0 Å². The summed E-state index contributed by atoms with van der Waals surface area (Å²) in [6, 6.07) is 11.2. The molecule has 0 aliphatic carbocycles. The molecule has 2 rings (SSSR count).